The molecule has 0 aromatic heterocycles. The Kier molecular flexibility index (Phi) is 1.50. The van der Waals surface area contributed by atoms with Gasteiger partial charge in [0.1, 0.15) is 0 Å². The van der Waals surface area contributed by atoms with E-state index in [9.17, 15) is 13.6 Å². The van der Waals surface area contributed by atoms with Crippen LogP contribution in [0.4, 0.5) is 8.78 Å². The number of carboxylic acids is 1. The van der Waals surface area contributed by atoms with Gasteiger partial charge in [-0.1, -0.05) is 0 Å². The molecule has 3 aliphatic carbocycles. The molecule has 2 spiro atoms. The van der Waals surface area contributed by atoms with Gasteiger partial charge < -0.3 is 5.11 Å². The van der Waals surface area contributed by atoms with Crippen LogP contribution in [0, 0.1) is 16.7 Å². The standard InChI is InChI=1S/C11H14F2O2/c12-11(13)5-10(6-11)3-9(4-10)1-7(2-9)8(14)15/h7H,1-6H2,(H,14,15). The van der Waals surface area contributed by atoms with Crippen molar-refractivity contribution in [1.29, 1.82) is 0 Å². The molecule has 3 saturated carbocycles. The third-order valence-electron chi connectivity index (χ3n) is 4.48. The minimum absolute atomic E-state index is 0.0412. The van der Waals surface area contributed by atoms with E-state index < -0.39 is 11.9 Å². The van der Waals surface area contributed by atoms with Crippen molar-refractivity contribution in [2.24, 2.45) is 16.7 Å². The summed E-state index contributed by atoms with van der Waals surface area (Å²) >= 11 is 0. The average molecular weight is 216 g/mol. The van der Waals surface area contributed by atoms with E-state index in [1.165, 1.54) is 0 Å². The van der Waals surface area contributed by atoms with Gasteiger partial charge >= 0.3 is 5.97 Å². The number of hydrogen-bond acceptors (Lipinski definition) is 1. The van der Waals surface area contributed by atoms with E-state index in [2.05, 4.69) is 0 Å². The number of carbonyl (C=O) groups is 1. The van der Waals surface area contributed by atoms with Gasteiger partial charge in [-0.2, -0.15) is 0 Å². The summed E-state index contributed by atoms with van der Waals surface area (Å²) in [6, 6.07) is 0. The largest absolute Gasteiger partial charge is 0.481 e. The maximum Gasteiger partial charge on any atom is 0.306 e. The van der Waals surface area contributed by atoms with Crippen molar-refractivity contribution in [2.75, 3.05) is 0 Å². The van der Waals surface area contributed by atoms with Crippen molar-refractivity contribution in [3.63, 3.8) is 0 Å². The Morgan fingerprint density at radius 3 is 2.00 bits per heavy atom. The van der Waals surface area contributed by atoms with Gasteiger partial charge in [0.05, 0.1) is 5.92 Å². The first-order valence-electron chi connectivity index (χ1n) is 5.45. The zero-order valence-corrected chi connectivity index (χ0v) is 8.43. The van der Waals surface area contributed by atoms with Crippen LogP contribution in [0.1, 0.15) is 38.5 Å². The van der Waals surface area contributed by atoms with Crippen LogP contribution in [0.5, 0.6) is 0 Å². The zero-order chi connectivity index (χ0) is 10.9. The number of carboxylic acid groups (broad SMARTS) is 1. The summed E-state index contributed by atoms with van der Waals surface area (Å²) in [5, 5.41) is 8.75. The van der Waals surface area contributed by atoms with E-state index >= 15 is 0 Å². The molecule has 0 radical (unpaired) electrons. The summed E-state index contributed by atoms with van der Waals surface area (Å²) in [5.41, 5.74) is 0.0343. The third-order valence-corrected chi connectivity index (χ3v) is 4.48. The minimum Gasteiger partial charge on any atom is -0.481 e. The number of hydrogen-bond donors (Lipinski definition) is 1. The fourth-order valence-corrected chi connectivity index (χ4v) is 4.28. The first-order valence-corrected chi connectivity index (χ1v) is 5.45. The Morgan fingerprint density at radius 2 is 1.60 bits per heavy atom. The van der Waals surface area contributed by atoms with Gasteiger partial charge in [0, 0.05) is 12.8 Å². The van der Waals surface area contributed by atoms with E-state index in [0.29, 0.717) is 0 Å². The van der Waals surface area contributed by atoms with Crippen LogP contribution in [0.25, 0.3) is 0 Å². The second-order valence-electron chi connectivity index (χ2n) is 6.01. The second kappa shape index (κ2) is 2.36. The lowest BCUT2D eigenvalue weighted by molar-refractivity contribution is -0.255. The number of halogens is 2. The Labute approximate surface area is 86.7 Å². The lowest BCUT2D eigenvalue weighted by atomic mass is 9.37. The molecule has 0 heterocycles. The van der Waals surface area contributed by atoms with Crippen LogP contribution >= 0.6 is 0 Å². The molecule has 3 fully saturated rings. The van der Waals surface area contributed by atoms with Crippen molar-refractivity contribution in [3.05, 3.63) is 0 Å². The van der Waals surface area contributed by atoms with Crippen LogP contribution in [0.2, 0.25) is 0 Å². The topological polar surface area (TPSA) is 37.3 Å². The number of alkyl halides is 2. The first-order chi connectivity index (χ1) is 6.84. The molecule has 0 unspecified atom stereocenters. The molecule has 84 valence electrons. The van der Waals surface area contributed by atoms with Gasteiger partial charge in [0.15, 0.2) is 0 Å². The molecule has 15 heavy (non-hydrogen) atoms. The highest BCUT2D eigenvalue weighted by molar-refractivity contribution is 5.71. The summed E-state index contributed by atoms with van der Waals surface area (Å²) in [6.07, 6.45) is 3.21. The molecular weight excluding hydrogens is 202 g/mol. The smallest absolute Gasteiger partial charge is 0.306 e. The van der Waals surface area contributed by atoms with E-state index in [0.717, 1.165) is 25.7 Å². The summed E-state index contributed by atoms with van der Waals surface area (Å²) in [4.78, 5) is 10.6. The first kappa shape index (κ1) is 9.55. The Morgan fingerprint density at radius 1 is 1.07 bits per heavy atom. The highest BCUT2D eigenvalue weighted by Gasteiger charge is 2.69. The molecule has 3 aliphatic rings. The SMILES string of the molecule is O=C(O)C1CC2(C1)CC1(CC(F)(F)C1)C2. The van der Waals surface area contributed by atoms with E-state index in [1.54, 1.807) is 0 Å². The molecule has 0 amide bonds. The van der Waals surface area contributed by atoms with Gasteiger partial charge in [-0.3, -0.25) is 4.79 Å². The van der Waals surface area contributed by atoms with Crippen LogP contribution in [-0.2, 0) is 4.79 Å². The maximum absolute atomic E-state index is 12.7. The van der Waals surface area contributed by atoms with Crippen LogP contribution in [-0.4, -0.2) is 17.0 Å². The van der Waals surface area contributed by atoms with Crippen molar-refractivity contribution >= 4 is 5.97 Å². The Bertz CT molecular complexity index is 313. The molecule has 0 aromatic carbocycles. The van der Waals surface area contributed by atoms with E-state index in [1.807, 2.05) is 0 Å². The second-order valence-corrected chi connectivity index (χ2v) is 6.01. The lowest BCUT2D eigenvalue weighted by Gasteiger charge is -2.67. The number of rotatable bonds is 1. The molecule has 0 saturated heterocycles. The predicted molar refractivity (Wildman–Crippen MR) is 48.6 cm³/mol. The lowest BCUT2D eigenvalue weighted by Crippen LogP contribution is -2.62. The molecular formula is C11H14F2O2. The summed E-state index contributed by atoms with van der Waals surface area (Å²) < 4.78 is 25.5. The van der Waals surface area contributed by atoms with Gasteiger partial charge in [0.25, 0.3) is 0 Å². The maximum atomic E-state index is 12.7. The Balaban J connectivity index is 1.54. The quantitative estimate of drug-likeness (QED) is 0.731. The van der Waals surface area contributed by atoms with Crippen molar-refractivity contribution in [3.8, 4) is 0 Å². The van der Waals surface area contributed by atoms with E-state index in [4.69, 9.17) is 5.11 Å². The van der Waals surface area contributed by atoms with Gasteiger partial charge in [-0.15, -0.1) is 0 Å². The van der Waals surface area contributed by atoms with Crippen molar-refractivity contribution < 1.29 is 18.7 Å². The molecule has 0 atom stereocenters. The summed E-state index contributed by atoms with van der Waals surface area (Å²) in [7, 11) is 0. The molecule has 0 bridgehead atoms. The van der Waals surface area contributed by atoms with Crippen LogP contribution in [0.3, 0.4) is 0 Å². The fraction of sp³-hybridized carbons (Fsp3) is 0.909. The van der Waals surface area contributed by atoms with Crippen LogP contribution in [0.15, 0.2) is 0 Å². The highest BCUT2D eigenvalue weighted by atomic mass is 19.3. The van der Waals surface area contributed by atoms with Crippen LogP contribution < -0.4 is 0 Å². The van der Waals surface area contributed by atoms with E-state index in [-0.39, 0.29) is 29.6 Å². The molecule has 0 aromatic rings. The van der Waals surface area contributed by atoms with Gasteiger partial charge in [-0.25, -0.2) is 8.78 Å². The minimum atomic E-state index is -2.43. The normalized spacial score (nSPS) is 34.3. The molecule has 2 nitrogen and oxygen atoms in total. The molecule has 1 N–H and O–H groups in total. The van der Waals surface area contributed by atoms with Crippen molar-refractivity contribution in [1.82, 2.24) is 0 Å². The third kappa shape index (κ3) is 1.23. The molecule has 4 heteroatoms. The average Bonchev–Trinajstić information content (AvgIpc) is 1.88. The van der Waals surface area contributed by atoms with Gasteiger partial charge in [-0.05, 0) is 36.5 Å². The highest BCUT2D eigenvalue weighted by Crippen LogP contribution is 2.74. The fourth-order valence-electron chi connectivity index (χ4n) is 4.28. The predicted octanol–water partition coefficient (Wildman–Crippen LogP) is 2.68. The van der Waals surface area contributed by atoms with Crippen molar-refractivity contribution in [2.45, 2.75) is 44.4 Å². The summed E-state index contributed by atoms with van der Waals surface area (Å²) in [6.45, 7) is 0. The molecule has 0 aliphatic heterocycles. The monoisotopic (exact) mass is 216 g/mol. The number of aliphatic carboxylic acids is 1. The Hall–Kier alpha value is -0.670. The summed E-state index contributed by atoms with van der Waals surface area (Å²) in [5.74, 6) is -3.36. The zero-order valence-electron chi connectivity index (χ0n) is 8.43. The molecule has 3 rings (SSSR count). The van der Waals surface area contributed by atoms with Gasteiger partial charge in [0.2, 0.25) is 5.92 Å².